The Labute approximate surface area is 140 Å². The third-order valence-electron chi connectivity index (χ3n) is 4.79. The summed E-state index contributed by atoms with van der Waals surface area (Å²) in [4.78, 5) is 12.6. The molecular formula is C17H23N4O3+. The summed E-state index contributed by atoms with van der Waals surface area (Å²) < 4.78 is 11.0. The molecule has 1 aliphatic rings. The van der Waals surface area contributed by atoms with Crippen LogP contribution in [0.1, 0.15) is 31.7 Å². The Morgan fingerprint density at radius 2 is 1.96 bits per heavy atom. The van der Waals surface area contributed by atoms with Gasteiger partial charge in [0.15, 0.2) is 6.04 Å². The van der Waals surface area contributed by atoms with E-state index in [9.17, 15) is 4.79 Å². The van der Waals surface area contributed by atoms with Crippen molar-refractivity contribution in [1.29, 1.82) is 0 Å². The molecule has 3 rings (SSSR count). The molecule has 0 radical (unpaired) electrons. The normalized spacial score (nSPS) is 22.1. The van der Waals surface area contributed by atoms with Gasteiger partial charge in [-0.3, -0.25) is 4.79 Å². The summed E-state index contributed by atoms with van der Waals surface area (Å²) >= 11 is 0. The van der Waals surface area contributed by atoms with Gasteiger partial charge in [-0.2, -0.15) is 0 Å². The fraction of sp³-hybridized carbons (Fsp3) is 0.471. The van der Waals surface area contributed by atoms with Crippen molar-refractivity contribution < 1.29 is 18.8 Å². The fourth-order valence-electron chi connectivity index (χ4n) is 3.14. The number of piperidine rings is 1. The Morgan fingerprint density at radius 1 is 1.29 bits per heavy atom. The van der Waals surface area contributed by atoms with Crippen LogP contribution < -0.4 is 15.4 Å². The molecule has 2 heterocycles. The Balaban J connectivity index is 1.67. The highest BCUT2D eigenvalue weighted by Gasteiger charge is 2.31. The number of likely N-dealkylation sites (tertiary alicyclic amines) is 1. The molecule has 0 saturated carbocycles. The first-order valence-electron chi connectivity index (χ1n) is 8.20. The van der Waals surface area contributed by atoms with Gasteiger partial charge in [-0.05, 0) is 31.2 Å². The first-order valence-corrected chi connectivity index (χ1v) is 8.20. The number of nitrogens with zero attached hydrogens (tertiary/aromatic N) is 2. The molecule has 7 heteroatoms. The second kappa shape index (κ2) is 7.00. The number of methoxy groups -OCH3 is 1. The lowest BCUT2D eigenvalue weighted by Crippen LogP contribution is -3.13. The number of aromatic nitrogens is 2. The van der Waals surface area contributed by atoms with Gasteiger partial charge in [-0.25, -0.2) is 0 Å². The van der Waals surface area contributed by atoms with Gasteiger partial charge in [0.2, 0.25) is 11.8 Å². The van der Waals surface area contributed by atoms with Gasteiger partial charge < -0.3 is 19.8 Å². The topological polar surface area (TPSA) is 95.7 Å². The van der Waals surface area contributed by atoms with Gasteiger partial charge in [0, 0.05) is 24.3 Å². The van der Waals surface area contributed by atoms with E-state index in [4.69, 9.17) is 14.9 Å². The first kappa shape index (κ1) is 16.4. The highest BCUT2D eigenvalue weighted by Crippen LogP contribution is 2.22. The van der Waals surface area contributed by atoms with Gasteiger partial charge in [-0.15, -0.1) is 10.2 Å². The second-order valence-corrected chi connectivity index (χ2v) is 6.23. The number of primary amides is 1. The van der Waals surface area contributed by atoms with Crippen LogP contribution in [0.3, 0.4) is 0 Å². The van der Waals surface area contributed by atoms with Gasteiger partial charge >= 0.3 is 0 Å². The number of carbonyl (C=O) groups excluding carboxylic acids is 1. The van der Waals surface area contributed by atoms with E-state index in [-0.39, 0.29) is 17.9 Å². The third kappa shape index (κ3) is 3.41. The Hall–Kier alpha value is -2.41. The predicted molar refractivity (Wildman–Crippen MR) is 87.3 cm³/mol. The smallest absolute Gasteiger partial charge is 0.274 e. The molecule has 24 heavy (non-hydrogen) atoms. The summed E-state index contributed by atoms with van der Waals surface area (Å²) in [7, 11) is 1.63. The van der Waals surface area contributed by atoms with Crippen molar-refractivity contribution in [3.8, 4) is 17.2 Å². The summed E-state index contributed by atoms with van der Waals surface area (Å²) in [5.74, 6) is 1.72. The standard InChI is InChI=1S/C17H22N4O3/c1-11(21-9-7-12(8-10-21)15(18)22)16-19-20-17(24-16)13-3-5-14(23-2)6-4-13/h3-6,11-12H,7-10H2,1-2H3,(H2,18,22)/p+1/t11-/m1/s1. The van der Waals surface area contributed by atoms with E-state index in [1.807, 2.05) is 24.3 Å². The van der Waals surface area contributed by atoms with Gasteiger partial charge in [0.05, 0.1) is 20.2 Å². The number of benzene rings is 1. The zero-order chi connectivity index (χ0) is 17.1. The van der Waals surface area contributed by atoms with Crippen molar-refractivity contribution in [2.45, 2.75) is 25.8 Å². The Kier molecular flexibility index (Phi) is 4.80. The van der Waals surface area contributed by atoms with Crippen LogP contribution in [0, 0.1) is 5.92 Å². The minimum atomic E-state index is -0.193. The number of rotatable bonds is 5. The largest absolute Gasteiger partial charge is 0.497 e. The monoisotopic (exact) mass is 331 g/mol. The summed E-state index contributed by atoms with van der Waals surface area (Å²) in [5.41, 5.74) is 6.26. The molecule has 0 unspecified atom stereocenters. The summed E-state index contributed by atoms with van der Waals surface area (Å²) in [5, 5.41) is 8.36. The molecule has 3 N–H and O–H groups in total. The van der Waals surface area contributed by atoms with Crippen LogP contribution in [0.25, 0.3) is 11.5 Å². The van der Waals surface area contributed by atoms with E-state index in [0.717, 1.165) is 37.2 Å². The highest BCUT2D eigenvalue weighted by molar-refractivity contribution is 5.76. The maximum absolute atomic E-state index is 11.3. The van der Waals surface area contributed by atoms with E-state index in [1.165, 1.54) is 4.90 Å². The van der Waals surface area contributed by atoms with Gasteiger partial charge in [0.1, 0.15) is 5.75 Å². The summed E-state index contributed by atoms with van der Waals surface area (Å²) in [6, 6.07) is 7.61. The van der Waals surface area contributed by atoms with E-state index in [1.54, 1.807) is 7.11 Å². The number of hydrogen-bond donors (Lipinski definition) is 2. The third-order valence-corrected chi connectivity index (χ3v) is 4.79. The number of quaternary nitrogens is 1. The van der Waals surface area contributed by atoms with Crippen LogP contribution in [-0.4, -0.2) is 36.3 Å². The van der Waals surface area contributed by atoms with Crippen LogP contribution >= 0.6 is 0 Å². The van der Waals surface area contributed by atoms with Crippen LogP contribution in [0.5, 0.6) is 5.75 Å². The van der Waals surface area contributed by atoms with Crippen molar-refractivity contribution in [2.24, 2.45) is 11.7 Å². The fourth-order valence-corrected chi connectivity index (χ4v) is 3.14. The number of nitrogens with one attached hydrogen (secondary N) is 1. The molecule has 2 aromatic rings. The lowest BCUT2D eigenvalue weighted by atomic mass is 9.95. The van der Waals surface area contributed by atoms with Crippen molar-refractivity contribution in [1.82, 2.24) is 10.2 Å². The molecule has 1 aromatic heterocycles. The molecule has 1 aliphatic heterocycles. The van der Waals surface area contributed by atoms with Crippen molar-refractivity contribution in [2.75, 3.05) is 20.2 Å². The van der Waals surface area contributed by atoms with E-state index >= 15 is 0 Å². The minimum Gasteiger partial charge on any atom is -0.497 e. The van der Waals surface area contributed by atoms with Crippen molar-refractivity contribution in [3.63, 3.8) is 0 Å². The molecule has 0 bridgehead atoms. The Morgan fingerprint density at radius 3 is 2.54 bits per heavy atom. The van der Waals surface area contributed by atoms with E-state index < -0.39 is 0 Å². The molecule has 1 atom stereocenters. The summed E-state index contributed by atoms with van der Waals surface area (Å²) in [6.45, 7) is 3.84. The van der Waals surface area contributed by atoms with Gasteiger partial charge in [-0.1, -0.05) is 0 Å². The van der Waals surface area contributed by atoms with E-state index in [0.29, 0.717) is 11.8 Å². The predicted octanol–water partition coefficient (Wildman–Crippen LogP) is 0.586. The highest BCUT2D eigenvalue weighted by atomic mass is 16.5. The zero-order valence-electron chi connectivity index (χ0n) is 14.0. The molecule has 128 valence electrons. The van der Waals surface area contributed by atoms with Crippen molar-refractivity contribution >= 4 is 5.91 Å². The summed E-state index contributed by atoms with van der Waals surface area (Å²) in [6.07, 6.45) is 1.63. The molecular weight excluding hydrogens is 308 g/mol. The Bertz CT molecular complexity index is 690. The lowest BCUT2D eigenvalue weighted by molar-refractivity contribution is -0.936. The maximum Gasteiger partial charge on any atom is 0.274 e. The minimum absolute atomic E-state index is 0.00139. The quantitative estimate of drug-likeness (QED) is 0.836. The molecule has 0 spiro atoms. The van der Waals surface area contributed by atoms with Crippen LogP contribution in [0.2, 0.25) is 0 Å². The van der Waals surface area contributed by atoms with Crippen LogP contribution in [-0.2, 0) is 4.79 Å². The molecule has 1 amide bonds. The van der Waals surface area contributed by atoms with E-state index in [2.05, 4.69) is 17.1 Å². The number of amides is 1. The lowest BCUT2D eigenvalue weighted by Gasteiger charge is -2.30. The molecule has 1 fully saturated rings. The average Bonchev–Trinajstić information content (AvgIpc) is 3.11. The SMILES string of the molecule is COc1ccc(-c2nnc([C@@H](C)[NH+]3CCC(C(N)=O)CC3)o2)cc1. The van der Waals surface area contributed by atoms with Gasteiger partial charge in [0.25, 0.3) is 5.89 Å². The molecule has 0 aliphatic carbocycles. The zero-order valence-corrected chi connectivity index (χ0v) is 14.0. The van der Waals surface area contributed by atoms with Crippen LogP contribution in [0.4, 0.5) is 0 Å². The average molecular weight is 331 g/mol. The number of nitrogens with two attached hydrogens (primary N) is 1. The number of ether oxygens (including phenoxy) is 1. The molecule has 7 nitrogen and oxygen atoms in total. The first-order chi connectivity index (χ1) is 11.6. The van der Waals surface area contributed by atoms with Crippen molar-refractivity contribution in [3.05, 3.63) is 30.2 Å². The van der Waals surface area contributed by atoms with Crippen LogP contribution in [0.15, 0.2) is 28.7 Å². The molecule has 1 saturated heterocycles. The second-order valence-electron chi connectivity index (χ2n) is 6.23. The number of carbonyl (C=O) groups is 1. The molecule has 1 aromatic carbocycles. The number of hydrogen-bond acceptors (Lipinski definition) is 5. The maximum atomic E-state index is 11.3.